The lowest BCUT2D eigenvalue weighted by atomic mass is 9.93. The first-order valence-electron chi connectivity index (χ1n) is 9.01. The Kier molecular flexibility index (Phi) is 4.74. The Morgan fingerprint density at radius 1 is 1.15 bits per heavy atom. The SMILES string of the molecule is Cc1ccccc1C(c1nc2ccccc2s1)N1CCC(C(=O)O)CC1. The summed E-state index contributed by atoms with van der Waals surface area (Å²) in [5.74, 6) is -0.892. The van der Waals surface area contributed by atoms with Gasteiger partial charge in [-0.2, -0.15) is 0 Å². The number of benzene rings is 2. The summed E-state index contributed by atoms with van der Waals surface area (Å²) in [4.78, 5) is 18.6. The number of piperidine rings is 1. The summed E-state index contributed by atoms with van der Waals surface area (Å²) < 4.78 is 1.20. The summed E-state index contributed by atoms with van der Waals surface area (Å²) >= 11 is 1.74. The second-order valence-corrected chi connectivity index (χ2v) is 7.99. The van der Waals surface area contributed by atoms with E-state index >= 15 is 0 Å². The zero-order chi connectivity index (χ0) is 18.1. The summed E-state index contributed by atoms with van der Waals surface area (Å²) in [6.45, 7) is 3.71. The van der Waals surface area contributed by atoms with Crippen molar-refractivity contribution in [3.05, 3.63) is 64.7 Å². The van der Waals surface area contributed by atoms with Crippen LogP contribution in [0.1, 0.15) is 35.0 Å². The van der Waals surface area contributed by atoms with Crippen LogP contribution in [0.5, 0.6) is 0 Å². The molecular weight excluding hydrogens is 344 g/mol. The Morgan fingerprint density at radius 2 is 1.85 bits per heavy atom. The second-order valence-electron chi connectivity index (χ2n) is 6.93. The van der Waals surface area contributed by atoms with Crippen molar-refractivity contribution in [1.82, 2.24) is 9.88 Å². The third-order valence-electron chi connectivity index (χ3n) is 5.27. The van der Waals surface area contributed by atoms with E-state index in [1.807, 2.05) is 12.1 Å². The van der Waals surface area contributed by atoms with Gasteiger partial charge in [0.15, 0.2) is 0 Å². The molecule has 134 valence electrons. The molecule has 0 bridgehead atoms. The zero-order valence-corrected chi connectivity index (χ0v) is 15.6. The summed E-state index contributed by atoms with van der Waals surface area (Å²) in [5.41, 5.74) is 3.55. The van der Waals surface area contributed by atoms with Crippen LogP contribution < -0.4 is 0 Å². The lowest BCUT2D eigenvalue weighted by Crippen LogP contribution is -2.39. The number of carboxylic acids is 1. The maximum atomic E-state index is 11.3. The largest absolute Gasteiger partial charge is 0.481 e. The molecule has 1 saturated heterocycles. The van der Waals surface area contributed by atoms with E-state index < -0.39 is 5.97 Å². The molecule has 5 heteroatoms. The van der Waals surface area contributed by atoms with Crippen LogP contribution in [-0.4, -0.2) is 34.0 Å². The van der Waals surface area contributed by atoms with Crippen LogP contribution in [0.3, 0.4) is 0 Å². The number of rotatable bonds is 4. The van der Waals surface area contributed by atoms with Crippen molar-refractivity contribution in [2.45, 2.75) is 25.8 Å². The molecule has 26 heavy (non-hydrogen) atoms. The Morgan fingerprint density at radius 3 is 2.54 bits per heavy atom. The highest BCUT2D eigenvalue weighted by molar-refractivity contribution is 7.18. The fourth-order valence-electron chi connectivity index (χ4n) is 3.79. The smallest absolute Gasteiger partial charge is 0.306 e. The van der Waals surface area contributed by atoms with Crippen LogP contribution in [0.25, 0.3) is 10.2 Å². The van der Waals surface area contributed by atoms with E-state index in [1.54, 1.807) is 11.3 Å². The first-order valence-corrected chi connectivity index (χ1v) is 9.83. The number of fused-ring (bicyclic) bond motifs is 1. The predicted octanol–water partition coefficient (Wildman–Crippen LogP) is 4.49. The minimum Gasteiger partial charge on any atom is -0.481 e. The van der Waals surface area contributed by atoms with Gasteiger partial charge in [-0.3, -0.25) is 9.69 Å². The van der Waals surface area contributed by atoms with E-state index in [0.29, 0.717) is 12.8 Å². The molecule has 2 heterocycles. The Hall–Kier alpha value is -2.24. The van der Waals surface area contributed by atoms with Crippen molar-refractivity contribution >= 4 is 27.5 Å². The molecule has 0 saturated carbocycles. The quantitative estimate of drug-likeness (QED) is 0.739. The Labute approximate surface area is 157 Å². The minimum absolute atomic E-state index is 0.0864. The van der Waals surface area contributed by atoms with Gasteiger partial charge >= 0.3 is 5.97 Å². The molecule has 0 amide bonds. The van der Waals surface area contributed by atoms with Crippen LogP contribution in [0.15, 0.2) is 48.5 Å². The summed E-state index contributed by atoms with van der Waals surface area (Å²) in [6, 6.07) is 16.8. The molecule has 0 spiro atoms. The molecule has 0 radical (unpaired) electrons. The van der Waals surface area contributed by atoms with Crippen LogP contribution in [0, 0.1) is 12.8 Å². The maximum Gasteiger partial charge on any atom is 0.306 e. The van der Waals surface area contributed by atoms with Crippen molar-refractivity contribution < 1.29 is 9.90 Å². The van der Waals surface area contributed by atoms with Crippen LogP contribution in [0.4, 0.5) is 0 Å². The fourth-order valence-corrected chi connectivity index (χ4v) is 4.91. The van der Waals surface area contributed by atoms with Gasteiger partial charge in [-0.05, 0) is 56.1 Å². The molecular formula is C21H22N2O2S. The predicted molar refractivity (Wildman–Crippen MR) is 105 cm³/mol. The minimum atomic E-state index is -0.669. The number of hydrogen-bond acceptors (Lipinski definition) is 4. The van der Waals surface area contributed by atoms with Gasteiger partial charge in [-0.25, -0.2) is 4.98 Å². The van der Waals surface area contributed by atoms with Gasteiger partial charge in [-0.1, -0.05) is 36.4 Å². The number of likely N-dealkylation sites (tertiary alicyclic amines) is 1. The van der Waals surface area contributed by atoms with Crippen LogP contribution in [-0.2, 0) is 4.79 Å². The summed E-state index contributed by atoms with van der Waals surface area (Å²) in [6.07, 6.45) is 1.39. The summed E-state index contributed by atoms with van der Waals surface area (Å²) in [7, 11) is 0. The molecule has 4 rings (SSSR count). The number of carbonyl (C=O) groups is 1. The van der Waals surface area contributed by atoms with Crippen molar-refractivity contribution in [2.24, 2.45) is 5.92 Å². The molecule has 3 aromatic rings. The van der Waals surface area contributed by atoms with Gasteiger partial charge in [0.25, 0.3) is 0 Å². The molecule has 1 N–H and O–H groups in total. The molecule has 1 unspecified atom stereocenters. The highest BCUT2D eigenvalue weighted by Crippen LogP contribution is 2.37. The maximum absolute atomic E-state index is 11.3. The molecule has 1 aliphatic rings. The highest BCUT2D eigenvalue weighted by Gasteiger charge is 2.32. The molecule has 1 fully saturated rings. The van der Waals surface area contributed by atoms with Gasteiger partial charge < -0.3 is 5.11 Å². The second kappa shape index (κ2) is 7.17. The average molecular weight is 366 g/mol. The number of aryl methyl sites for hydroxylation is 1. The lowest BCUT2D eigenvalue weighted by molar-refractivity contribution is -0.143. The molecule has 4 nitrogen and oxygen atoms in total. The lowest BCUT2D eigenvalue weighted by Gasteiger charge is -2.36. The number of para-hydroxylation sites is 1. The molecule has 0 aliphatic carbocycles. The molecule has 1 atom stereocenters. The van der Waals surface area contributed by atoms with Gasteiger partial charge in [0.1, 0.15) is 5.01 Å². The normalized spacial score (nSPS) is 17.4. The van der Waals surface area contributed by atoms with E-state index in [1.165, 1.54) is 15.8 Å². The van der Waals surface area contributed by atoms with Crippen molar-refractivity contribution in [3.63, 3.8) is 0 Å². The number of carboxylic acid groups (broad SMARTS) is 1. The number of hydrogen-bond donors (Lipinski definition) is 1. The fraction of sp³-hybridized carbons (Fsp3) is 0.333. The molecule has 1 aliphatic heterocycles. The first-order chi connectivity index (χ1) is 12.6. The standard InChI is InChI=1S/C21H22N2O2S/c1-14-6-2-3-7-16(14)19(23-12-10-15(11-13-23)21(24)25)20-22-17-8-4-5-9-18(17)26-20/h2-9,15,19H,10-13H2,1H3,(H,24,25). The topological polar surface area (TPSA) is 53.4 Å². The van der Waals surface area contributed by atoms with Crippen molar-refractivity contribution in [1.29, 1.82) is 0 Å². The third-order valence-corrected chi connectivity index (χ3v) is 6.36. The van der Waals surface area contributed by atoms with Gasteiger partial charge in [0.05, 0.1) is 22.2 Å². The van der Waals surface area contributed by atoms with Gasteiger partial charge in [0.2, 0.25) is 0 Å². The van der Waals surface area contributed by atoms with Crippen molar-refractivity contribution in [3.8, 4) is 0 Å². The summed E-state index contributed by atoms with van der Waals surface area (Å²) in [5, 5.41) is 10.4. The monoisotopic (exact) mass is 366 g/mol. The Bertz CT molecular complexity index is 895. The van der Waals surface area contributed by atoms with E-state index in [0.717, 1.165) is 23.6 Å². The third kappa shape index (κ3) is 3.24. The molecule has 1 aromatic heterocycles. The van der Waals surface area contributed by atoms with Crippen LogP contribution >= 0.6 is 11.3 Å². The van der Waals surface area contributed by atoms with E-state index in [-0.39, 0.29) is 12.0 Å². The van der Waals surface area contributed by atoms with Crippen LogP contribution in [0.2, 0.25) is 0 Å². The van der Waals surface area contributed by atoms with E-state index in [4.69, 9.17) is 4.98 Å². The van der Waals surface area contributed by atoms with E-state index in [9.17, 15) is 9.90 Å². The van der Waals surface area contributed by atoms with Gasteiger partial charge in [0, 0.05) is 0 Å². The number of nitrogens with zero attached hydrogens (tertiary/aromatic N) is 2. The van der Waals surface area contributed by atoms with Gasteiger partial charge in [-0.15, -0.1) is 11.3 Å². The first kappa shape index (κ1) is 17.2. The van der Waals surface area contributed by atoms with E-state index in [2.05, 4.69) is 48.2 Å². The number of aliphatic carboxylic acids is 1. The average Bonchev–Trinajstić information content (AvgIpc) is 3.07. The molecule has 2 aromatic carbocycles. The number of thiazole rings is 1. The van der Waals surface area contributed by atoms with Crippen molar-refractivity contribution in [2.75, 3.05) is 13.1 Å². The zero-order valence-electron chi connectivity index (χ0n) is 14.8. The highest BCUT2D eigenvalue weighted by atomic mass is 32.1. The Balaban J connectivity index is 1.73. The number of aromatic nitrogens is 1.